The fraction of sp³-hybridized carbons (Fsp3) is 0.204. The highest BCUT2D eigenvalue weighted by Crippen LogP contribution is 2.51. The van der Waals surface area contributed by atoms with Crippen LogP contribution in [-0.4, -0.2) is 10.6 Å². The molecule has 0 N–H and O–H groups in total. The van der Waals surface area contributed by atoms with Crippen LogP contribution in [0.2, 0.25) is 0 Å². The maximum absolute atomic E-state index is 9.48. The van der Waals surface area contributed by atoms with Gasteiger partial charge in [-0.05, 0) is 121 Å². The van der Waals surface area contributed by atoms with Crippen LogP contribution in [-0.2, 0) is 6.42 Å². The molecule has 0 fully saturated rings. The van der Waals surface area contributed by atoms with Crippen LogP contribution in [0, 0.1) is 11.3 Å². The van der Waals surface area contributed by atoms with Crippen molar-refractivity contribution in [1.29, 1.82) is 5.26 Å². The van der Waals surface area contributed by atoms with Crippen molar-refractivity contribution in [3.8, 4) is 6.07 Å². The van der Waals surface area contributed by atoms with Gasteiger partial charge in [-0.3, -0.25) is 0 Å². The standard InChI is InChI=1S/C49H41N3/c50-32-33-25-28-36(29-26-33)51-46-23-10-9-20-42(46)45-31-34(27-30-48(45)51)37-15-4-5-16-38(37)39-17-6-7-18-40(39)43-21-12-22-44-41-19-8-11-24-47(41)52(49(43)44)35-13-2-1-3-14-35/h1-7,9,11-15,17-18,20-22,24-25,27-28,30-31,38,43,49H,8,10,16,19,23,26,29H2/t38-,43?,49?/m1/s1. The van der Waals surface area contributed by atoms with Crippen molar-refractivity contribution in [2.75, 3.05) is 4.90 Å². The number of hydrogen-bond donors (Lipinski definition) is 0. The average Bonchev–Trinajstić information content (AvgIpc) is 3.74. The fourth-order valence-electron chi connectivity index (χ4n) is 9.72. The monoisotopic (exact) mass is 671 g/mol. The third kappa shape index (κ3) is 4.93. The quantitative estimate of drug-likeness (QED) is 0.211. The van der Waals surface area contributed by atoms with Crippen LogP contribution in [0.25, 0.3) is 28.2 Å². The van der Waals surface area contributed by atoms with E-state index in [0.717, 1.165) is 50.5 Å². The normalized spacial score (nSPS) is 23.1. The summed E-state index contributed by atoms with van der Waals surface area (Å²) in [6, 6.07) is 30.0. The van der Waals surface area contributed by atoms with Gasteiger partial charge in [-0.15, -0.1) is 0 Å². The van der Waals surface area contributed by atoms with Gasteiger partial charge in [-0.2, -0.15) is 5.26 Å². The van der Waals surface area contributed by atoms with E-state index in [-0.39, 0.29) is 17.9 Å². The molecule has 4 aromatic rings. The van der Waals surface area contributed by atoms with Gasteiger partial charge in [0.1, 0.15) is 0 Å². The molecule has 0 bridgehead atoms. The van der Waals surface area contributed by atoms with Crippen LogP contribution in [0.3, 0.4) is 0 Å². The molecule has 0 amide bonds. The van der Waals surface area contributed by atoms with E-state index in [2.05, 4.69) is 155 Å². The number of hydrogen-bond acceptors (Lipinski definition) is 2. The first kappa shape index (κ1) is 30.9. The van der Waals surface area contributed by atoms with Crippen LogP contribution < -0.4 is 4.90 Å². The second-order valence-corrected chi connectivity index (χ2v) is 14.8. The van der Waals surface area contributed by atoms with Crippen LogP contribution in [0.15, 0.2) is 162 Å². The van der Waals surface area contributed by atoms with Gasteiger partial charge in [0.05, 0.1) is 17.6 Å². The highest BCUT2D eigenvalue weighted by Gasteiger charge is 2.42. The molecule has 0 spiro atoms. The van der Waals surface area contributed by atoms with Crippen LogP contribution in [0.1, 0.15) is 78.3 Å². The molecule has 10 rings (SSSR count). The van der Waals surface area contributed by atoms with Crippen molar-refractivity contribution < 1.29 is 0 Å². The van der Waals surface area contributed by atoms with E-state index in [1.165, 1.54) is 72.7 Å². The molecule has 2 heterocycles. The highest BCUT2D eigenvalue weighted by molar-refractivity contribution is 5.97. The summed E-state index contributed by atoms with van der Waals surface area (Å²) in [7, 11) is 0. The molecule has 0 saturated heterocycles. The SMILES string of the molecule is N#CC1=CC=C(n2c3c(c4cc(C5=CC=CC[C@H]5c5ccccc5C5C=CC=C6C7=C(C=CCC7)N(c7ccccc7)C65)ccc42)C=CCC3)CC1. The smallest absolute Gasteiger partial charge is 0.0947 e. The third-order valence-corrected chi connectivity index (χ3v) is 12.0. The third-order valence-electron chi connectivity index (χ3n) is 12.0. The average molecular weight is 672 g/mol. The Morgan fingerprint density at radius 1 is 0.712 bits per heavy atom. The minimum absolute atomic E-state index is 0.218. The molecule has 5 aliphatic carbocycles. The van der Waals surface area contributed by atoms with E-state index in [9.17, 15) is 5.26 Å². The van der Waals surface area contributed by atoms with Crippen LogP contribution >= 0.6 is 0 Å². The molecule has 3 nitrogen and oxygen atoms in total. The van der Waals surface area contributed by atoms with E-state index in [1.54, 1.807) is 0 Å². The Bertz CT molecular complexity index is 2460. The molecule has 3 heteroatoms. The van der Waals surface area contributed by atoms with Gasteiger partial charge in [0, 0.05) is 51.1 Å². The van der Waals surface area contributed by atoms with E-state index in [1.807, 2.05) is 6.08 Å². The maximum atomic E-state index is 9.48. The summed E-state index contributed by atoms with van der Waals surface area (Å²) in [4.78, 5) is 2.62. The van der Waals surface area contributed by atoms with E-state index >= 15 is 0 Å². The Hall–Kier alpha value is -5.85. The number of para-hydroxylation sites is 1. The number of benzene rings is 3. The van der Waals surface area contributed by atoms with Gasteiger partial charge >= 0.3 is 0 Å². The van der Waals surface area contributed by atoms with Crippen molar-refractivity contribution in [2.24, 2.45) is 0 Å². The minimum atomic E-state index is 0.218. The zero-order valence-electron chi connectivity index (χ0n) is 29.4. The van der Waals surface area contributed by atoms with Crippen molar-refractivity contribution in [1.82, 2.24) is 4.57 Å². The summed E-state index contributed by atoms with van der Waals surface area (Å²) >= 11 is 0. The Labute approximate surface area is 306 Å². The first-order chi connectivity index (χ1) is 25.8. The predicted octanol–water partition coefficient (Wildman–Crippen LogP) is 11.9. The lowest BCUT2D eigenvalue weighted by molar-refractivity contribution is 0.663. The number of rotatable bonds is 5. The second kappa shape index (κ2) is 12.7. The molecule has 3 aromatic carbocycles. The molecular formula is C49H41N3. The number of allylic oxidation sites excluding steroid dienone is 13. The Morgan fingerprint density at radius 3 is 2.40 bits per heavy atom. The largest absolute Gasteiger partial charge is 0.333 e. The van der Waals surface area contributed by atoms with Gasteiger partial charge < -0.3 is 9.47 Å². The topological polar surface area (TPSA) is 32.0 Å². The molecule has 252 valence electrons. The first-order valence-corrected chi connectivity index (χ1v) is 19.0. The zero-order chi connectivity index (χ0) is 34.6. The lowest BCUT2D eigenvalue weighted by atomic mass is 9.74. The van der Waals surface area contributed by atoms with Gasteiger partial charge in [-0.1, -0.05) is 103 Å². The van der Waals surface area contributed by atoms with Crippen molar-refractivity contribution in [2.45, 2.75) is 62.8 Å². The highest BCUT2D eigenvalue weighted by atomic mass is 15.2. The Kier molecular flexibility index (Phi) is 7.57. The summed E-state index contributed by atoms with van der Waals surface area (Å²) in [6.45, 7) is 0. The van der Waals surface area contributed by atoms with Crippen LogP contribution in [0.5, 0.6) is 0 Å². The lowest BCUT2D eigenvalue weighted by Gasteiger charge is -2.37. The fourth-order valence-corrected chi connectivity index (χ4v) is 9.72. The molecule has 52 heavy (non-hydrogen) atoms. The zero-order valence-corrected chi connectivity index (χ0v) is 29.4. The molecule has 1 aromatic heterocycles. The molecule has 1 aliphatic heterocycles. The Morgan fingerprint density at radius 2 is 1.54 bits per heavy atom. The van der Waals surface area contributed by atoms with Gasteiger partial charge in [0.25, 0.3) is 0 Å². The van der Waals surface area contributed by atoms with E-state index < -0.39 is 0 Å². The van der Waals surface area contributed by atoms with Gasteiger partial charge in [0.2, 0.25) is 0 Å². The molecule has 0 saturated carbocycles. The number of nitriles is 1. The molecular weight excluding hydrogens is 631 g/mol. The predicted molar refractivity (Wildman–Crippen MR) is 215 cm³/mol. The Balaban J connectivity index is 1.06. The number of fused-ring (bicyclic) bond motifs is 5. The molecule has 3 atom stereocenters. The minimum Gasteiger partial charge on any atom is -0.333 e. The van der Waals surface area contributed by atoms with Gasteiger partial charge in [0.15, 0.2) is 0 Å². The van der Waals surface area contributed by atoms with Crippen molar-refractivity contribution in [3.63, 3.8) is 0 Å². The molecule has 6 aliphatic rings. The summed E-state index contributed by atoms with van der Waals surface area (Å²) in [6.07, 6.45) is 34.6. The molecule has 0 radical (unpaired) electrons. The summed E-state index contributed by atoms with van der Waals surface area (Å²) in [5.41, 5.74) is 17.3. The van der Waals surface area contributed by atoms with Crippen molar-refractivity contribution in [3.05, 3.63) is 190 Å². The second-order valence-electron chi connectivity index (χ2n) is 14.8. The van der Waals surface area contributed by atoms with Crippen molar-refractivity contribution >= 4 is 33.9 Å². The lowest BCUT2D eigenvalue weighted by Crippen LogP contribution is -2.36. The van der Waals surface area contributed by atoms with Gasteiger partial charge in [-0.25, -0.2) is 0 Å². The van der Waals surface area contributed by atoms with E-state index in [0.29, 0.717) is 0 Å². The van der Waals surface area contributed by atoms with E-state index in [4.69, 9.17) is 0 Å². The number of anilines is 1. The number of nitrogens with zero attached hydrogens (tertiary/aromatic N) is 3. The maximum Gasteiger partial charge on any atom is 0.0947 e. The number of aromatic nitrogens is 1. The van der Waals surface area contributed by atoms with Crippen LogP contribution in [0.4, 0.5) is 5.69 Å². The first-order valence-electron chi connectivity index (χ1n) is 19.0. The summed E-state index contributed by atoms with van der Waals surface area (Å²) in [5.74, 6) is 0.468. The molecule has 2 unspecified atom stereocenters. The summed E-state index contributed by atoms with van der Waals surface area (Å²) in [5, 5.41) is 10.8. The summed E-state index contributed by atoms with van der Waals surface area (Å²) < 4.78 is 2.49.